The van der Waals surface area contributed by atoms with Crippen molar-refractivity contribution in [2.75, 3.05) is 0 Å². The van der Waals surface area contributed by atoms with Gasteiger partial charge >= 0.3 is 0 Å². The molecule has 6 nitrogen and oxygen atoms in total. The van der Waals surface area contributed by atoms with Crippen molar-refractivity contribution in [1.29, 1.82) is 0 Å². The van der Waals surface area contributed by atoms with E-state index < -0.39 is 20.2 Å². The Morgan fingerprint density at radius 3 is 0.956 bits per heavy atom. The highest BCUT2D eigenvalue weighted by Gasteiger charge is 2.29. The average molecular weight is 633 g/mol. The van der Waals surface area contributed by atoms with Crippen molar-refractivity contribution in [2.24, 2.45) is 0 Å². The summed E-state index contributed by atoms with van der Waals surface area (Å²) >= 11 is 0. The van der Waals surface area contributed by atoms with Crippen molar-refractivity contribution in [3.05, 3.63) is 157 Å². The monoisotopic (exact) mass is 632 g/mol. The van der Waals surface area contributed by atoms with E-state index in [9.17, 15) is 25.9 Å². The first kappa shape index (κ1) is 30.2. The summed E-state index contributed by atoms with van der Waals surface area (Å²) in [5.41, 5.74) is 4.69. The van der Waals surface area contributed by atoms with Gasteiger partial charge in [0.05, 0.1) is 0 Å². The fraction of sp³-hybridized carbons (Fsp3) is 0.0270. The first-order chi connectivity index (χ1) is 21.6. The van der Waals surface area contributed by atoms with E-state index in [2.05, 4.69) is 0 Å². The summed E-state index contributed by atoms with van der Waals surface area (Å²) in [6.07, 6.45) is -0.214. The summed E-state index contributed by atoms with van der Waals surface area (Å²) in [6.45, 7) is 0. The smallest absolute Gasteiger partial charge is 0.282 e. The van der Waals surface area contributed by atoms with Crippen molar-refractivity contribution in [3.63, 3.8) is 0 Å². The van der Waals surface area contributed by atoms with Gasteiger partial charge in [0.1, 0.15) is 9.79 Å². The van der Waals surface area contributed by atoms with E-state index >= 15 is 0 Å². The molecule has 0 aromatic heterocycles. The molecule has 0 unspecified atom stereocenters. The lowest BCUT2D eigenvalue weighted by Crippen LogP contribution is -2.11. The molecule has 0 aliphatic rings. The van der Waals surface area contributed by atoms with Gasteiger partial charge in [-0.15, -0.1) is 0 Å². The Labute approximate surface area is 262 Å². The SMILES string of the molecule is O=S(=O)(O)c1c(Cc2ccc(-c3ccccc3)c(-c3ccccc3)c2S(=O)(=O)O)ccc(-c2ccccc2)c1-c1ccccc1. The molecule has 0 atom stereocenters. The zero-order valence-corrected chi connectivity index (χ0v) is 25.5. The molecule has 0 aliphatic carbocycles. The van der Waals surface area contributed by atoms with Gasteiger partial charge in [-0.05, 0) is 44.5 Å². The molecular weight excluding hydrogens is 605 g/mol. The minimum absolute atomic E-state index is 0.174. The fourth-order valence-electron chi connectivity index (χ4n) is 5.82. The van der Waals surface area contributed by atoms with E-state index in [4.69, 9.17) is 0 Å². The standard InChI is InChI=1S/C37H28O6S2/c38-44(39,40)36-30(21-23-32(26-13-5-1-6-14-26)34(36)28-17-9-3-10-18-28)25-31-22-24-33(27-15-7-2-8-16-27)35(37(31)45(41,42)43)29-19-11-4-12-20-29/h1-24H,25H2,(H,38,39,40)(H,41,42,43). The maximum atomic E-state index is 13.2. The van der Waals surface area contributed by atoms with E-state index in [0.717, 1.165) is 11.1 Å². The van der Waals surface area contributed by atoms with Crippen molar-refractivity contribution in [2.45, 2.75) is 16.2 Å². The summed E-state index contributed by atoms with van der Waals surface area (Å²) in [5.74, 6) is 0. The van der Waals surface area contributed by atoms with Gasteiger partial charge in [0.15, 0.2) is 0 Å². The highest BCUT2D eigenvalue weighted by atomic mass is 32.2. The molecule has 0 amide bonds. The predicted molar refractivity (Wildman–Crippen MR) is 177 cm³/mol. The van der Waals surface area contributed by atoms with Crippen LogP contribution < -0.4 is 0 Å². The lowest BCUT2D eigenvalue weighted by molar-refractivity contribution is 0.481. The minimum atomic E-state index is -4.84. The maximum absolute atomic E-state index is 13.2. The van der Waals surface area contributed by atoms with Gasteiger partial charge in [0.25, 0.3) is 20.2 Å². The van der Waals surface area contributed by atoms with Crippen LogP contribution >= 0.6 is 0 Å². The van der Waals surface area contributed by atoms with Crippen LogP contribution in [0.25, 0.3) is 44.5 Å². The molecule has 224 valence electrons. The number of hydrogen-bond acceptors (Lipinski definition) is 4. The normalized spacial score (nSPS) is 11.8. The third-order valence-electron chi connectivity index (χ3n) is 7.67. The second-order valence-corrected chi connectivity index (χ2v) is 13.3. The van der Waals surface area contributed by atoms with Gasteiger partial charge in [-0.1, -0.05) is 146 Å². The second-order valence-electron chi connectivity index (χ2n) is 10.5. The predicted octanol–water partition coefficient (Wildman–Crippen LogP) is 8.44. The van der Waals surface area contributed by atoms with Gasteiger partial charge < -0.3 is 0 Å². The van der Waals surface area contributed by atoms with Gasteiger partial charge in [-0.25, -0.2) is 0 Å². The Bertz CT molecular complexity index is 2040. The van der Waals surface area contributed by atoms with Gasteiger partial charge in [0.2, 0.25) is 0 Å². The Kier molecular flexibility index (Phi) is 8.22. The average Bonchev–Trinajstić information content (AvgIpc) is 3.05. The molecule has 6 aromatic rings. The molecule has 8 heteroatoms. The molecule has 0 spiro atoms. The summed E-state index contributed by atoms with van der Waals surface area (Å²) < 4.78 is 74.3. The van der Waals surface area contributed by atoms with Crippen molar-refractivity contribution in [1.82, 2.24) is 0 Å². The first-order valence-corrected chi connectivity index (χ1v) is 17.0. The lowest BCUT2D eigenvalue weighted by Gasteiger charge is -2.21. The van der Waals surface area contributed by atoms with Crippen LogP contribution in [-0.4, -0.2) is 25.9 Å². The molecule has 6 aromatic carbocycles. The Morgan fingerprint density at radius 1 is 0.378 bits per heavy atom. The van der Waals surface area contributed by atoms with E-state index in [-0.39, 0.29) is 27.3 Å². The summed E-state index contributed by atoms with van der Waals surface area (Å²) in [5, 5.41) is 0. The van der Waals surface area contributed by atoms with Crippen LogP contribution in [0.15, 0.2) is 155 Å². The minimum Gasteiger partial charge on any atom is -0.282 e. The van der Waals surface area contributed by atoms with E-state index in [1.54, 1.807) is 84.9 Å². The highest BCUT2D eigenvalue weighted by molar-refractivity contribution is 7.86. The zero-order valence-electron chi connectivity index (χ0n) is 23.9. The van der Waals surface area contributed by atoms with Crippen LogP contribution in [0, 0.1) is 0 Å². The maximum Gasteiger partial charge on any atom is 0.295 e. The van der Waals surface area contributed by atoms with Crippen LogP contribution in [0.1, 0.15) is 11.1 Å². The molecule has 6 rings (SSSR count). The lowest BCUT2D eigenvalue weighted by atomic mass is 9.89. The summed E-state index contributed by atoms with van der Waals surface area (Å²) in [4.78, 5) is -0.658. The summed E-state index contributed by atoms with van der Waals surface area (Å²) in [6, 6.07) is 42.9. The van der Waals surface area contributed by atoms with Gasteiger partial charge in [-0.3, -0.25) is 9.11 Å². The van der Waals surface area contributed by atoms with Gasteiger partial charge in [0, 0.05) is 17.5 Å². The second kappa shape index (κ2) is 12.3. The molecular formula is C37H28O6S2. The third-order valence-corrected chi connectivity index (χ3v) is 9.63. The fourth-order valence-corrected chi connectivity index (χ4v) is 7.74. The van der Waals surface area contributed by atoms with Crippen LogP contribution in [0.4, 0.5) is 0 Å². The molecule has 0 aliphatic heterocycles. The van der Waals surface area contributed by atoms with E-state index in [1.165, 1.54) is 0 Å². The van der Waals surface area contributed by atoms with E-state index in [1.807, 2.05) is 60.7 Å². The first-order valence-electron chi connectivity index (χ1n) is 14.1. The Morgan fingerprint density at radius 2 is 0.667 bits per heavy atom. The van der Waals surface area contributed by atoms with Crippen molar-refractivity contribution >= 4 is 20.2 Å². The van der Waals surface area contributed by atoms with Crippen molar-refractivity contribution < 1.29 is 25.9 Å². The van der Waals surface area contributed by atoms with Crippen molar-refractivity contribution in [3.8, 4) is 44.5 Å². The molecule has 0 heterocycles. The van der Waals surface area contributed by atoms with Crippen LogP contribution in [0.2, 0.25) is 0 Å². The molecule has 0 fully saturated rings. The van der Waals surface area contributed by atoms with Crippen LogP contribution in [0.5, 0.6) is 0 Å². The van der Waals surface area contributed by atoms with Crippen LogP contribution in [0.3, 0.4) is 0 Å². The highest BCUT2D eigenvalue weighted by Crippen LogP contribution is 2.43. The Hall–Kier alpha value is -4.86. The molecule has 45 heavy (non-hydrogen) atoms. The van der Waals surface area contributed by atoms with Gasteiger partial charge in [-0.2, -0.15) is 16.8 Å². The molecule has 0 saturated heterocycles. The quantitative estimate of drug-likeness (QED) is 0.163. The summed E-state index contributed by atoms with van der Waals surface area (Å²) in [7, 11) is -9.67. The van der Waals surface area contributed by atoms with Crippen LogP contribution in [-0.2, 0) is 26.7 Å². The molecule has 2 N–H and O–H groups in total. The topological polar surface area (TPSA) is 109 Å². The molecule has 0 radical (unpaired) electrons. The number of benzene rings is 6. The number of hydrogen-bond donors (Lipinski definition) is 2. The Balaban J connectivity index is 1.66. The zero-order chi connectivity index (χ0) is 31.6. The third kappa shape index (κ3) is 6.22. The molecule has 0 bridgehead atoms. The van der Waals surface area contributed by atoms with E-state index in [0.29, 0.717) is 33.4 Å². The largest absolute Gasteiger partial charge is 0.295 e. The molecule has 0 saturated carbocycles. The number of rotatable bonds is 8.